The van der Waals surface area contributed by atoms with Crippen molar-refractivity contribution >= 4 is 17.4 Å². The maximum Gasteiger partial charge on any atom is 0.134 e. The highest BCUT2D eigenvalue weighted by molar-refractivity contribution is 6.33. The topological polar surface area (TPSA) is 15.6 Å². The summed E-state index contributed by atoms with van der Waals surface area (Å²) < 4.78 is 0. The Morgan fingerprint density at radius 1 is 1.36 bits per heavy atom. The van der Waals surface area contributed by atoms with Crippen LogP contribution in [0, 0.1) is 0 Å². The Morgan fingerprint density at radius 2 is 2.29 bits per heavy atom. The number of fused-ring (bicyclic) bond motifs is 1. The molecular weight excluding hydrogens is 196 g/mol. The SMILES string of the molecule is ClC1=CC2=NC3=C(CCC3)CN2C=C1. The summed E-state index contributed by atoms with van der Waals surface area (Å²) in [7, 11) is 0. The molecule has 0 aromatic carbocycles. The predicted molar refractivity (Wildman–Crippen MR) is 58.1 cm³/mol. The van der Waals surface area contributed by atoms with Crippen LogP contribution in [0.3, 0.4) is 0 Å². The third-order valence-corrected chi connectivity index (χ3v) is 3.12. The van der Waals surface area contributed by atoms with Gasteiger partial charge in [-0.15, -0.1) is 0 Å². The van der Waals surface area contributed by atoms with Crippen LogP contribution in [0.5, 0.6) is 0 Å². The van der Waals surface area contributed by atoms with Crippen molar-refractivity contribution in [2.75, 3.05) is 6.54 Å². The van der Waals surface area contributed by atoms with Crippen molar-refractivity contribution in [1.29, 1.82) is 0 Å². The maximum atomic E-state index is 5.93. The van der Waals surface area contributed by atoms with Gasteiger partial charge < -0.3 is 4.90 Å². The van der Waals surface area contributed by atoms with Gasteiger partial charge in [-0.05, 0) is 37.0 Å². The Morgan fingerprint density at radius 3 is 3.21 bits per heavy atom. The predicted octanol–water partition coefficient (Wildman–Crippen LogP) is 2.79. The van der Waals surface area contributed by atoms with E-state index in [0.717, 1.165) is 23.8 Å². The summed E-state index contributed by atoms with van der Waals surface area (Å²) in [5.74, 6) is 0.998. The highest BCUT2D eigenvalue weighted by Gasteiger charge is 2.23. The molecule has 0 saturated carbocycles. The van der Waals surface area contributed by atoms with Gasteiger partial charge in [0.05, 0.1) is 0 Å². The van der Waals surface area contributed by atoms with E-state index in [0.29, 0.717) is 0 Å². The number of aliphatic imine (C=N–C) groups is 1. The van der Waals surface area contributed by atoms with Gasteiger partial charge in [-0.3, -0.25) is 0 Å². The molecule has 0 atom stereocenters. The number of hydrogen-bond acceptors (Lipinski definition) is 2. The normalized spacial score (nSPS) is 24.5. The van der Waals surface area contributed by atoms with Crippen molar-refractivity contribution in [2.45, 2.75) is 19.3 Å². The summed E-state index contributed by atoms with van der Waals surface area (Å²) in [4.78, 5) is 6.79. The lowest BCUT2D eigenvalue weighted by Gasteiger charge is -2.27. The lowest BCUT2D eigenvalue weighted by atomic mass is 10.1. The van der Waals surface area contributed by atoms with Gasteiger partial charge in [0.15, 0.2) is 0 Å². The largest absolute Gasteiger partial charge is 0.329 e. The number of nitrogens with zero attached hydrogens (tertiary/aromatic N) is 2. The molecular formula is C11H11ClN2. The second-order valence-electron chi connectivity index (χ2n) is 3.85. The lowest BCUT2D eigenvalue weighted by Crippen LogP contribution is -2.30. The molecule has 14 heavy (non-hydrogen) atoms. The molecule has 3 rings (SSSR count). The second kappa shape index (κ2) is 2.99. The first kappa shape index (κ1) is 8.30. The van der Waals surface area contributed by atoms with Gasteiger partial charge in [0.25, 0.3) is 0 Å². The van der Waals surface area contributed by atoms with Crippen LogP contribution in [0.25, 0.3) is 0 Å². The van der Waals surface area contributed by atoms with Crippen molar-refractivity contribution < 1.29 is 0 Å². The summed E-state index contributed by atoms with van der Waals surface area (Å²) in [6.07, 6.45) is 9.49. The Hall–Kier alpha value is -1.02. The molecule has 0 radical (unpaired) electrons. The average molecular weight is 207 g/mol. The molecule has 0 bridgehead atoms. The standard InChI is InChI=1S/C11H11ClN2/c12-9-4-5-14-7-8-2-1-3-10(8)13-11(14)6-9/h4-6H,1-3,7H2. The van der Waals surface area contributed by atoms with Crippen molar-refractivity contribution in [3.63, 3.8) is 0 Å². The molecule has 72 valence electrons. The first-order chi connectivity index (χ1) is 6.83. The van der Waals surface area contributed by atoms with E-state index < -0.39 is 0 Å². The highest BCUT2D eigenvalue weighted by atomic mass is 35.5. The molecule has 0 N–H and O–H groups in total. The summed E-state index contributed by atoms with van der Waals surface area (Å²) >= 11 is 5.93. The molecule has 2 nitrogen and oxygen atoms in total. The molecule has 0 aromatic heterocycles. The molecule has 2 heterocycles. The van der Waals surface area contributed by atoms with E-state index in [4.69, 9.17) is 11.6 Å². The minimum atomic E-state index is 0.766. The minimum absolute atomic E-state index is 0.766. The molecule has 2 aliphatic heterocycles. The summed E-state index contributed by atoms with van der Waals surface area (Å²) in [6, 6.07) is 0. The summed E-state index contributed by atoms with van der Waals surface area (Å²) in [6.45, 7) is 1.01. The average Bonchev–Trinajstić information content (AvgIpc) is 2.61. The molecule has 1 aliphatic carbocycles. The fourth-order valence-electron chi connectivity index (χ4n) is 2.16. The van der Waals surface area contributed by atoms with E-state index in [-0.39, 0.29) is 0 Å². The Bertz CT molecular complexity index is 402. The number of allylic oxidation sites excluding steroid dienone is 3. The van der Waals surface area contributed by atoms with Crippen LogP contribution in [-0.4, -0.2) is 17.3 Å². The Balaban J connectivity index is 2.01. The minimum Gasteiger partial charge on any atom is -0.329 e. The molecule has 0 saturated heterocycles. The molecule has 0 unspecified atom stereocenters. The zero-order valence-electron chi connectivity index (χ0n) is 7.83. The van der Waals surface area contributed by atoms with Gasteiger partial charge in [0.2, 0.25) is 0 Å². The van der Waals surface area contributed by atoms with Crippen LogP contribution in [0.15, 0.2) is 39.6 Å². The van der Waals surface area contributed by atoms with Crippen molar-refractivity contribution in [1.82, 2.24) is 4.90 Å². The number of halogens is 1. The fraction of sp³-hybridized carbons (Fsp3) is 0.364. The molecule has 0 amide bonds. The third-order valence-electron chi connectivity index (χ3n) is 2.89. The van der Waals surface area contributed by atoms with Gasteiger partial charge in [0, 0.05) is 23.5 Å². The van der Waals surface area contributed by atoms with Gasteiger partial charge in [-0.25, -0.2) is 4.99 Å². The fourth-order valence-corrected chi connectivity index (χ4v) is 2.32. The Kier molecular flexibility index (Phi) is 1.77. The van der Waals surface area contributed by atoms with E-state index >= 15 is 0 Å². The van der Waals surface area contributed by atoms with Crippen LogP contribution < -0.4 is 0 Å². The lowest BCUT2D eigenvalue weighted by molar-refractivity contribution is 0.583. The zero-order chi connectivity index (χ0) is 9.54. The number of amidine groups is 1. The molecule has 3 heteroatoms. The smallest absolute Gasteiger partial charge is 0.134 e. The maximum absolute atomic E-state index is 5.93. The molecule has 3 aliphatic rings. The van der Waals surface area contributed by atoms with Crippen LogP contribution in [0.4, 0.5) is 0 Å². The monoisotopic (exact) mass is 206 g/mol. The first-order valence-electron chi connectivity index (χ1n) is 4.94. The van der Waals surface area contributed by atoms with E-state index in [1.54, 1.807) is 0 Å². The third kappa shape index (κ3) is 1.22. The number of rotatable bonds is 0. The van der Waals surface area contributed by atoms with E-state index in [1.165, 1.54) is 24.1 Å². The van der Waals surface area contributed by atoms with E-state index in [2.05, 4.69) is 9.89 Å². The summed E-state index contributed by atoms with van der Waals surface area (Å²) in [5.41, 5.74) is 2.80. The summed E-state index contributed by atoms with van der Waals surface area (Å²) in [5, 5.41) is 0.766. The van der Waals surface area contributed by atoms with Gasteiger partial charge >= 0.3 is 0 Å². The van der Waals surface area contributed by atoms with Crippen LogP contribution >= 0.6 is 11.6 Å². The van der Waals surface area contributed by atoms with Crippen LogP contribution in [0.2, 0.25) is 0 Å². The van der Waals surface area contributed by atoms with Crippen LogP contribution in [0.1, 0.15) is 19.3 Å². The van der Waals surface area contributed by atoms with Gasteiger partial charge in [-0.2, -0.15) is 0 Å². The van der Waals surface area contributed by atoms with Crippen molar-refractivity contribution in [3.8, 4) is 0 Å². The molecule has 0 fully saturated rings. The molecule has 0 spiro atoms. The first-order valence-corrected chi connectivity index (χ1v) is 5.32. The van der Waals surface area contributed by atoms with E-state index in [9.17, 15) is 0 Å². The highest BCUT2D eigenvalue weighted by Crippen LogP contribution is 2.32. The quantitative estimate of drug-likeness (QED) is 0.595. The molecule has 0 aromatic rings. The van der Waals surface area contributed by atoms with Crippen LogP contribution in [-0.2, 0) is 0 Å². The van der Waals surface area contributed by atoms with Crippen molar-refractivity contribution in [2.24, 2.45) is 4.99 Å². The number of hydrogen-bond donors (Lipinski definition) is 0. The Labute approximate surface area is 88.3 Å². The van der Waals surface area contributed by atoms with Crippen molar-refractivity contribution in [3.05, 3.63) is 34.7 Å². The van der Waals surface area contributed by atoms with E-state index in [1.807, 2.05) is 18.4 Å². The van der Waals surface area contributed by atoms with Gasteiger partial charge in [0.1, 0.15) is 5.84 Å². The zero-order valence-corrected chi connectivity index (χ0v) is 8.59. The van der Waals surface area contributed by atoms with Gasteiger partial charge in [-0.1, -0.05) is 11.6 Å². The second-order valence-corrected chi connectivity index (χ2v) is 4.28.